The van der Waals surface area contributed by atoms with Gasteiger partial charge >= 0.3 is 0 Å². The summed E-state index contributed by atoms with van der Waals surface area (Å²) in [6.45, 7) is 0. The molecule has 2 aromatic rings. The Morgan fingerprint density at radius 3 is 2.30 bits per heavy atom. The molecule has 4 rings (SSSR count). The molecule has 7 nitrogen and oxygen atoms in total. The molecule has 0 aromatic heterocycles. The van der Waals surface area contributed by atoms with Crippen molar-refractivity contribution in [3.8, 4) is 0 Å². The zero-order valence-corrected chi connectivity index (χ0v) is 11.6. The van der Waals surface area contributed by atoms with Gasteiger partial charge < -0.3 is 11.5 Å². The Morgan fingerprint density at radius 2 is 1.57 bits per heavy atom. The van der Waals surface area contributed by atoms with Gasteiger partial charge in [0.2, 0.25) is 0 Å². The highest BCUT2D eigenvalue weighted by atomic mass is 16.2. The minimum absolute atomic E-state index is 0.0917. The van der Waals surface area contributed by atoms with Crippen LogP contribution < -0.4 is 27.2 Å². The van der Waals surface area contributed by atoms with E-state index in [-0.39, 0.29) is 27.4 Å². The fourth-order valence-corrected chi connectivity index (χ4v) is 3.08. The highest BCUT2D eigenvalue weighted by molar-refractivity contribution is 6.62. The van der Waals surface area contributed by atoms with Crippen LogP contribution in [-0.2, 0) is 9.59 Å². The molecule has 1 heterocycles. The molecule has 7 heteroatoms. The lowest BCUT2D eigenvalue weighted by Gasteiger charge is -2.20. The molecular weight excluding hydrogens is 298 g/mol. The summed E-state index contributed by atoms with van der Waals surface area (Å²) in [4.78, 5) is 48.2. The maximum atomic E-state index is 12.3. The number of hydrogen-bond acceptors (Lipinski definition) is 6. The minimum Gasteiger partial charge on any atom is -0.395 e. The van der Waals surface area contributed by atoms with Crippen LogP contribution in [0.4, 0.5) is 0 Å². The largest absolute Gasteiger partial charge is 0.395 e. The van der Waals surface area contributed by atoms with Crippen molar-refractivity contribution in [2.75, 3.05) is 0 Å². The number of rotatable bonds is 0. The van der Waals surface area contributed by atoms with E-state index in [1.54, 1.807) is 24.3 Å². The van der Waals surface area contributed by atoms with Crippen molar-refractivity contribution < 1.29 is 19.2 Å². The molecule has 0 radical (unpaired) electrons. The third-order valence-electron chi connectivity index (χ3n) is 4.12. The molecule has 2 aliphatic rings. The van der Waals surface area contributed by atoms with Crippen LogP contribution in [0.25, 0.3) is 22.2 Å². The first kappa shape index (κ1) is 13.2. The Kier molecular flexibility index (Phi) is 2.32. The van der Waals surface area contributed by atoms with E-state index in [4.69, 9.17) is 11.5 Å². The molecule has 2 amide bonds. The van der Waals surface area contributed by atoms with E-state index < -0.39 is 23.4 Å². The summed E-state index contributed by atoms with van der Waals surface area (Å²) < 4.78 is 0. The summed E-state index contributed by atoms with van der Waals surface area (Å²) in [5.74, 6) is -3.05. The lowest BCUT2D eigenvalue weighted by atomic mass is 9.88. The fraction of sp³-hybridized carbons (Fsp3) is 0. The van der Waals surface area contributed by atoms with Crippen molar-refractivity contribution in [2.24, 2.45) is 11.5 Å². The number of Topliss-reactive ketones (excluding diaryl/α,β-unsaturated/α-hetero) is 2. The van der Waals surface area contributed by atoms with E-state index in [1.165, 1.54) is 0 Å². The topological polar surface area (TPSA) is 132 Å². The second-order valence-electron chi connectivity index (χ2n) is 5.35. The van der Waals surface area contributed by atoms with E-state index in [0.29, 0.717) is 16.3 Å². The number of carbonyl (C=O) groups excluding carboxylic acids is 4. The second kappa shape index (κ2) is 4.04. The number of fused-ring (bicyclic) bond motifs is 2. The number of nitrogens with two attached hydrogens (primary N) is 2. The van der Waals surface area contributed by atoms with Crippen LogP contribution in [-0.4, -0.2) is 23.4 Å². The number of carbonyl (C=O) groups is 4. The predicted molar refractivity (Wildman–Crippen MR) is 80.2 cm³/mol. The molecule has 0 atom stereocenters. The fourth-order valence-electron chi connectivity index (χ4n) is 3.08. The summed E-state index contributed by atoms with van der Waals surface area (Å²) in [7, 11) is 0. The van der Waals surface area contributed by atoms with Crippen molar-refractivity contribution >= 4 is 45.5 Å². The van der Waals surface area contributed by atoms with E-state index >= 15 is 0 Å². The monoisotopic (exact) mass is 307 g/mol. The number of ketones is 2. The quantitative estimate of drug-likeness (QED) is 0.381. The van der Waals surface area contributed by atoms with E-state index in [2.05, 4.69) is 5.32 Å². The van der Waals surface area contributed by atoms with E-state index in [1.807, 2.05) is 0 Å². The van der Waals surface area contributed by atoms with Crippen LogP contribution in [0.15, 0.2) is 24.3 Å². The Hall–Kier alpha value is -3.48. The maximum absolute atomic E-state index is 12.3. The molecule has 0 saturated carbocycles. The number of benzene rings is 2. The van der Waals surface area contributed by atoms with Crippen molar-refractivity contribution in [1.82, 2.24) is 5.32 Å². The van der Waals surface area contributed by atoms with Crippen LogP contribution in [0.1, 0.15) is 20.7 Å². The molecule has 0 saturated heterocycles. The van der Waals surface area contributed by atoms with Crippen LogP contribution in [0.3, 0.4) is 0 Å². The van der Waals surface area contributed by atoms with Crippen LogP contribution >= 0.6 is 0 Å². The molecule has 0 fully saturated rings. The lowest BCUT2D eigenvalue weighted by Crippen LogP contribution is -2.50. The van der Waals surface area contributed by atoms with Crippen molar-refractivity contribution in [3.63, 3.8) is 0 Å². The first-order valence-electron chi connectivity index (χ1n) is 6.72. The Bertz CT molecular complexity index is 1130. The van der Waals surface area contributed by atoms with Gasteiger partial charge in [0.25, 0.3) is 23.4 Å². The molecule has 23 heavy (non-hydrogen) atoms. The van der Waals surface area contributed by atoms with E-state index in [9.17, 15) is 19.2 Å². The Balaban J connectivity index is 2.43. The summed E-state index contributed by atoms with van der Waals surface area (Å²) in [5, 5.41) is 3.52. The van der Waals surface area contributed by atoms with Crippen molar-refractivity contribution in [3.05, 3.63) is 45.8 Å². The van der Waals surface area contributed by atoms with Gasteiger partial charge in [-0.1, -0.05) is 12.1 Å². The highest BCUT2D eigenvalue weighted by Gasteiger charge is 2.32. The zero-order chi connectivity index (χ0) is 16.5. The van der Waals surface area contributed by atoms with Crippen LogP contribution in [0, 0.1) is 0 Å². The SMILES string of the molecule is NC1=c2cc3cccc4c3c(c2=C(N)C(=O)C1=O)C(=O)NC4=O. The first-order chi connectivity index (χ1) is 10.9. The standard InChI is InChI=1S/C16H9N3O4/c17-11-7-4-5-2-1-3-6-8(5)10(16(23)19-15(6)22)9(7)12(18)14(21)13(11)20/h1-4H,17-18H2,(H,19,22,23). The molecular formula is C16H9N3O4. The summed E-state index contributed by atoms with van der Waals surface area (Å²) in [5.41, 5.74) is 11.4. The summed E-state index contributed by atoms with van der Waals surface area (Å²) in [6, 6.07) is 6.48. The van der Waals surface area contributed by atoms with Gasteiger partial charge in [0, 0.05) is 21.4 Å². The zero-order valence-electron chi connectivity index (χ0n) is 11.6. The van der Waals surface area contributed by atoms with Crippen LogP contribution in [0.5, 0.6) is 0 Å². The number of hydrogen-bond donors (Lipinski definition) is 3. The van der Waals surface area contributed by atoms with Gasteiger partial charge in [0.1, 0.15) is 0 Å². The predicted octanol–water partition coefficient (Wildman–Crippen LogP) is -1.99. The third-order valence-corrected chi connectivity index (χ3v) is 4.12. The second-order valence-corrected chi connectivity index (χ2v) is 5.35. The van der Waals surface area contributed by atoms with Gasteiger partial charge in [-0.15, -0.1) is 0 Å². The molecule has 2 aromatic carbocycles. The molecule has 1 aliphatic heterocycles. The lowest BCUT2D eigenvalue weighted by molar-refractivity contribution is -0.130. The molecule has 5 N–H and O–H groups in total. The number of nitrogens with one attached hydrogen (secondary N) is 1. The van der Waals surface area contributed by atoms with Gasteiger partial charge in [-0.05, 0) is 17.5 Å². The number of amides is 2. The normalized spacial score (nSPS) is 16.7. The number of imide groups is 1. The molecule has 0 spiro atoms. The van der Waals surface area contributed by atoms with Crippen LogP contribution in [0.2, 0.25) is 0 Å². The van der Waals surface area contributed by atoms with Gasteiger partial charge in [0.05, 0.1) is 17.0 Å². The molecule has 0 bridgehead atoms. The third kappa shape index (κ3) is 1.48. The highest BCUT2D eigenvalue weighted by Crippen LogP contribution is 2.23. The van der Waals surface area contributed by atoms with Gasteiger partial charge in [-0.2, -0.15) is 0 Å². The average molecular weight is 307 g/mol. The molecule has 112 valence electrons. The smallest absolute Gasteiger partial charge is 0.259 e. The van der Waals surface area contributed by atoms with Crippen molar-refractivity contribution in [1.29, 1.82) is 0 Å². The van der Waals surface area contributed by atoms with E-state index in [0.717, 1.165) is 0 Å². The van der Waals surface area contributed by atoms with Gasteiger partial charge in [-0.3, -0.25) is 24.5 Å². The molecule has 0 unspecified atom stereocenters. The summed E-state index contributed by atoms with van der Waals surface area (Å²) in [6.07, 6.45) is 0. The molecule has 1 aliphatic carbocycles. The first-order valence-corrected chi connectivity index (χ1v) is 6.72. The maximum Gasteiger partial charge on any atom is 0.259 e. The average Bonchev–Trinajstić information content (AvgIpc) is 2.54. The Morgan fingerprint density at radius 1 is 0.870 bits per heavy atom. The van der Waals surface area contributed by atoms with Crippen molar-refractivity contribution in [2.45, 2.75) is 0 Å². The Labute approximate surface area is 128 Å². The minimum atomic E-state index is -0.951. The van der Waals surface area contributed by atoms with Gasteiger partial charge in [-0.25, -0.2) is 0 Å². The van der Waals surface area contributed by atoms with Gasteiger partial charge in [0.15, 0.2) is 0 Å². The summed E-state index contributed by atoms with van der Waals surface area (Å²) >= 11 is 0.